The van der Waals surface area contributed by atoms with Gasteiger partial charge in [-0.15, -0.1) is 4.59 Å². The molecule has 0 aliphatic carbocycles. The molecule has 0 saturated carbocycles. The smallest absolute Gasteiger partial charge is 0.348 e. The number of primary amides is 2. The van der Waals surface area contributed by atoms with E-state index in [9.17, 15) is 9.59 Å². The van der Waals surface area contributed by atoms with Crippen molar-refractivity contribution >= 4 is 12.1 Å². The summed E-state index contributed by atoms with van der Waals surface area (Å²) in [5.74, 6) is 0. The zero-order valence-corrected chi connectivity index (χ0v) is 7.95. The average Bonchev–Trinajstić information content (AvgIpc) is 2.29. The van der Waals surface area contributed by atoms with Crippen LogP contribution in [-0.4, -0.2) is 36.4 Å². The molecule has 0 radical (unpaired) electrons. The lowest BCUT2D eigenvalue weighted by atomic mass is 10.3. The van der Waals surface area contributed by atoms with Crippen LogP contribution in [0.5, 0.6) is 0 Å². The van der Waals surface area contributed by atoms with Crippen LogP contribution >= 0.6 is 0 Å². The molecular formula is C7H16N5O2+. The van der Waals surface area contributed by atoms with E-state index in [-0.39, 0.29) is 11.3 Å². The van der Waals surface area contributed by atoms with Gasteiger partial charge in [0.15, 0.2) is 6.67 Å². The molecule has 1 rings (SSSR count). The van der Waals surface area contributed by atoms with Crippen molar-refractivity contribution in [2.45, 2.75) is 12.8 Å². The number of amides is 4. The molecule has 7 heteroatoms. The fourth-order valence-electron chi connectivity index (χ4n) is 1.53. The molecule has 0 spiro atoms. The third kappa shape index (κ3) is 2.33. The first-order valence-electron chi connectivity index (χ1n) is 4.52. The summed E-state index contributed by atoms with van der Waals surface area (Å²) in [6.45, 7) is 1.58. The average molecular weight is 202 g/mol. The summed E-state index contributed by atoms with van der Waals surface area (Å²) in [5.41, 5.74) is 12.6. The molecule has 1 atom stereocenters. The van der Waals surface area contributed by atoms with Gasteiger partial charge in [-0.2, -0.15) is 5.43 Å². The Morgan fingerprint density at radius 2 is 2.00 bits per heavy atom. The Morgan fingerprint density at radius 3 is 2.57 bits per heavy atom. The Hall–Kier alpha value is -1.34. The van der Waals surface area contributed by atoms with E-state index in [0.29, 0.717) is 6.54 Å². The zero-order valence-electron chi connectivity index (χ0n) is 7.95. The maximum Gasteiger partial charge on any atom is 0.439 e. The molecule has 0 aromatic rings. The van der Waals surface area contributed by atoms with E-state index in [2.05, 4.69) is 10.7 Å². The van der Waals surface area contributed by atoms with Crippen molar-refractivity contribution in [1.29, 1.82) is 0 Å². The fraction of sp³-hybridized carbons (Fsp3) is 0.714. The number of nitrogens with one attached hydrogen (secondary N) is 2. The molecule has 1 aliphatic heterocycles. The minimum atomic E-state index is -0.743. The van der Waals surface area contributed by atoms with Gasteiger partial charge < -0.3 is 11.5 Å². The molecule has 6 N–H and O–H groups in total. The third-order valence-electron chi connectivity index (χ3n) is 2.27. The summed E-state index contributed by atoms with van der Waals surface area (Å²) < 4.78 is -0.310. The second kappa shape index (κ2) is 4.25. The largest absolute Gasteiger partial charge is 0.439 e. The normalized spacial score (nSPS) is 27.7. The van der Waals surface area contributed by atoms with Gasteiger partial charge in [-0.05, 0) is 6.42 Å². The first kappa shape index (κ1) is 10.7. The Morgan fingerprint density at radius 1 is 1.29 bits per heavy atom. The van der Waals surface area contributed by atoms with Crippen molar-refractivity contribution in [3.63, 3.8) is 0 Å². The highest BCUT2D eigenvalue weighted by Gasteiger charge is 2.37. The summed E-state index contributed by atoms with van der Waals surface area (Å²) >= 11 is 0. The summed E-state index contributed by atoms with van der Waals surface area (Å²) in [6, 6.07) is -1.34. The van der Waals surface area contributed by atoms with E-state index in [1.54, 1.807) is 0 Å². The molecule has 0 aromatic heterocycles. The highest BCUT2D eigenvalue weighted by atomic mass is 16.2. The standard InChI is InChI=1S/C7H15N5O2/c8-6(13)11-12(7(9)14)4-2-1-3-10-5-12/h10H,1-5H2,(H4-,8,9,11,13,14)/p+1. The number of hydrogen-bond donors (Lipinski definition) is 4. The summed E-state index contributed by atoms with van der Waals surface area (Å²) in [7, 11) is 0. The number of hydrogen-bond acceptors (Lipinski definition) is 3. The van der Waals surface area contributed by atoms with Gasteiger partial charge in [0.1, 0.15) is 6.54 Å². The predicted octanol–water partition coefficient (Wildman–Crippen LogP) is -1.19. The lowest BCUT2D eigenvalue weighted by Crippen LogP contribution is -2.68. The van der Waals surface area contributed by atoms with E-state index < -0.39 is 12.1 Å². The van der Waals surface area contributed by atoms with Gasteiger partial charge in [0.05, 0.1) is 0 Å². The third-order valence-corrected chi connectivity index (χ3v) is 2.27. The number of carbonyl (C=O) groups is 2. The highest BCUT2D eigenvalue weighted by Crippen LogP contribution is 2.07. The van der Waals surface area contributed by atoms with Gasteiger partial charge in [0.25, 0.3) is 0 Å². The minimum Gasteiger partial charge on any atom is -0.348 e. The van der Waals surface area contributed by atoms with Gasteiger partial charge in [-0.3, -0.25) is 5.32 Å². The number of nitrogens with two attached hydrogens (primary N) is 2. The number of rotatable bonds is 0. The number of urea groups is 2. The molecule has 80 valence electrons. The van der Waals surface area contributed by atoms with Crippen LogP contribution in [0.4, 0.5) is 9.59 Å². The van der Waals surface area contributed by atoms with Gasteiger partial charge in [0.2, 0.25) is 0 Å². The molecule has 1 saturated heterocycles. The first-order chi connectivity index (χ1) is 6.57. The van der Waals surface area contributed by atoms with Crippen molar-refractivity contribution in [2.75, 3.05) is 19.8 Å². The van der Waals surface area contributed by atoms with Crippen molar-refractivity contribution < 1.29 is 14.2 Å². The molecule has 4 amide bonds. The van der Waals surface area contributed by atoms with E-state index in [1.165, 1.54) is 0 Å². The molecule has 0 aromatic carbocycles. The monoisotopic (exact) mass is 202 g/mol. The van der Waals surface area contributed by atoms with E-state index >= 15 is 0 Å². The second-order valence-corrected chi connectivity index (χ2v) is 3.37. The SMILES string of the molecule is NC(=O)N[N+]1(C(N)=O)CCCCNC1. The van der Waals surface area contributed by atoms with Crippen LogP contribution in [0.25, 0.3) is 0 Å². The molecule has 14 heavy (non-hydrogen) atoms. The van der Waals surface area contributed by atoms with Crippen molar-refractivity contribution in [3.8, 4) is 0 Å². The second-order valence-electron chi connectivity index (χ2n) is 3.37. The quantitative estimate of drug-likeness (QED) is 0.370. The van der Waals surface area contributed by atoms with E-state index in [0.717, 1.165) is 19.4 Å². The van der Waals surface area contributed by atoms with Crippen LogP contribution in [0.15, 0.2) is 0 Å². The summed E-state index contributed by atoms with van der Waals surface area (Å²) in [5, 5.41) is 3.03. The van der Waals surface area contributed by atoms with Crippen molar-refractivity contribution in [1.82, 2.24) is 10.7 Å². The summed E-state index contributed by atoms with van der Waals surface area (Å²) in [4.78, 5) is 22.0. The molecule has 1 heterocycles. The predicted molar refractivity (Wildman–Crippen MR) is 49.5 cm³/mol. The van der Waals surface area contributed by atoms with Crippen LogP contribution in [-0.2, 0) is 0 Å². The lowest BCUT2D eigenvalue weighted by molar-refractivity contribution is -0.886. The van der Waals surface area contributed by atoms with Crippen LogP contribution < -0.4 is 22.2 Å². The molecular weight excluding hydrogens is 186 g/mol. The highest BCUT2D eigenvalue weighted by molar-refractivity contribution is 5.73. The number of carbonyl (C=O) groups excluding carboxylic acids is 2. The van der Waals surface area contributed by atoms with Gasteiger partial charge >= 0.3 is 12.1 Å². The molecule has 7 nitrogen and oxygen atoms in total. The van der Waals surface area contributed by atoms with E-state index in [1.807, 2.05) is 0 Å². The maximum absolute atomic E-state index is 11.2. The van der Waals surface area contributed by atoms with Crippen LogP contribution in [0.3, 0.4) is 0 Å². The van der Waals surface area contributed by atoms with Crippen molar-refractivity contribution in [3.05, 3.63) is 0 Å². The lowest BCUT2D eigenvalue weighted by Gasteiger charge is -2.30. The number of quaternary nitrogens is 1. The Balaban J connectivity index is 2.77. The Labute approximate surface area is 82.0 Å². The van der Waals surface area contributed by atoms with Gasteiger partial charge in [-0.25, -0.2) is 9.59 Å². The fourth-order valence-corrected chi connectivity index (χ4v) is 1.53. The van der Waals surface area contributed by atoms with Crippen molar-refractivity contribution in [2.24, 2.45) is 11.5 Å². The van der Waals surface area contributed by atoms with Gasteiger partial charge in [0, 0.05) is 13.0 Å². The van der Waals surface area contributed by atoms with E-state index in [4.69, 9.17) is 11.5 Å². The van der Waals surface area contributed by atoms with Gasteiger partial charge in [-0.1, -0.05) is 0 Å². The summed E-state index contributed by atoms with van der Waals surface area (Å²) in [6.07, 6.45) is 1.77. The topological polar surface area (TPSA) is 110 Å². The maximum atomic E-state index is 11.2. The number of nitrogens with zero attached hydrogens (tertiary/aromatic N) is 1. The molecule has 1 aliphatic rings. The van der Waals surface area contributed by atoms with Crippen LogP contribution in [0.1, 0.15) is 12.8 Å². The van der Waals surface area contributed by atoms with Crippen LogP contribution in [0.2, 0.25) is 0 Å². The minimum absolute atomic E-state index is 0.290. The Bertz CT molecular complexity index is 234. The first-order valence-corrected chi connectivity index (χ1v) is 4.52. The van der Waals surface area contributed by atoms with Crippen LogP contribution in [0, 0.1) is 0 Å². The molecule has 1 unspecified atom stereocenters. The molecule has 0 bridgehead atoms. The Kier molecular flexibility index (Phi) is 3.26. The molecule has 1 fully saturated rings. The zero-order chi connectivity index (χ0) is 10.6.